The van der Waals surface area contributed by atoms with E-state index in [1.165, 1.54) is 25.9 Å². The Kier molecular flexibility index (Phi) is 6.65. The molecule has 0 saturated carbocycles. The van der Waals surface area contributed by atoms with Gasteiger partial charge in [-0.25, -0.2) is 0 Å². The quantitative estimate of drug-likeness (QED) is 0.746. The monoisotopic (exact) mass is 255 g/mol. The van der Waals surface area contributed by atoms with Crippen LogP contribution in [0.25, 0.3) is 0 Å². The first-order valence-corrected chi connectivity index (χ1v) is 7.16. The van der Waals surface area contributed by atoms with E-state index in [1.807, 2.05) is 0 Å². The number of likely N-dealkylation sites (N-methyl/N-ethyl adjacent to an activating group) is 1. The fourth-order valence-corrected chi connectivity index (χ4v) is 2.50. The van der Waals surface area contributed by atoms with Crippen LogP contribution in [-0.2, 0) is 4.79 Å². The molecule has 1 aliphatic heterocycles. The largest absolute Gasteiger partial charge is 0.358 e. The van der Waals surface area contributed by atoms with Crippen molar-refractivity contribution < 1.29 is 4.79 Å². The van der Waals surface area contributed by atoms with Gasteiger partial charge in [0.05, 0.1) is 6.04 Å². The van der Waals surface area contributed by atoms with Crippen molar-refractivity contribution in [3.8, 4) is 0 Å². The summed E-state index contributed by atoms with van der Waals surface area (Å²) in [5.41, 5.74) is 0. The van der Waals surface area contributed by atoms with Crippen molar-refractivity contribution in [2.75, 3.05) is 33.7 Å². The molecule has 0 aliphatic carbocycles. The van der Waals surface area contributed by atoms with Crippen molar-refractivity contribution in [2.45, 2.75) is 39.2 Å². The number of likely N-dealkylation sites (tertiary alicyclic amines) is 1. The van der Waals surface area contributed by atoms with Gasteiger partial charge < -0.3 is 15.5 Å². The summed E-state index contributed by atoms with van der Waals surface area (Å²) >= 11 is 0. The molecule has 1 heterocycles. The number of hydrogen-bond acceptors (Lipinski definition) is 3. The molecule has 0 aromatic heterocycles. The maximum absolute atomic E-state index is 11.8. The van der Waals surface area contributed by atoms with Crippen molar-refractivity contribution in [1.82, 2.24) is 15.5 Å². The predicted octanol–water partition coefficient (Wildman–Crippen LogP) is 1.08. The molecule has 4 heteroatoms. The van der Waals surface area contributed by atoms with Gasteiger partial charge in [-0.2, -0.15) is 0 Å². The third kappa shape index (κ3) is 5.36. The summed E-state index contributed by atoms with van der Waals surface area (Å²) in [6, 6.07) is -0.0327. The first-order valence-electron chi connectivity index (χ1n) is 7.16. The third-order valence-electron chi connectivity index (χ3n) is 3.76. The van der Waals surface area contributed by atoms with E-state index < -0.39 is 0 Å². The highest BCUT2D eigenvalue weighted by Gasteiger charge is 2.21. The molecule has 1 amide bonds. The Morgan fingerprint density at radius 2 is 1.94 bits per heavy atom. The number of rotatable bonds is 6. The molecule has 1 rings (SSSR count). The lowest BCUT2D eigenvalue weighted by Gasteiger charge is -2.30. The summed E-state index contributed by atoms with van der Waals surface area (Å²) in [5, 5.41) is 6.21. The summed E-state index contributed by atoms with van der Waals surface area (Å²) in [6.07, 6.45) is 3.39. The molecule has 0 bridgehead atoms. The van der Waals surface area contributed by atoms with Crippen molar-refractivity contribution in [3.05, 3.63) is 0 Å². The molecular weight excluding hydrogens is 226 g/mol. The number of carbonyl (C=O) groups excluding carboxylic acids is 1. The predicted molar refractivity (Wildman–Crippen MR) is 75.5 cm³/mol. The van der Waals surface area contributed by atoms with Crippen LogP contribution < -0.4 is 10.6 Å². The van der Waals surface area contributed by atoms with E-state index in [0.717, 1.165) is 18.9 Å². The topological polar surface area (TPSA) is 44.4 Å². The zero-order chi connectivity index (χ0) is 13.5. The van der Waals surface area contributed by atoms with Gasteiger partial charge in [0.15, 0.2) is 0 Å². The van der Waals surface area contributed by atoms with E-state index in [1.54, 1.807) is 7.05 Å². The normalized spacial score (nSPS) is 20.1. The standard InChI is InChI=1S/C14H29N3O/c1-11(2)9-13(14(18)15-3)16-10-12-5-7-17(4)8-6-12/h11-13,16H,5-10H2,1-4H3,(H,15,18). The molecule has 1 fully saturated rings. The number of amides is 1. The van der Waals surface area contributed by atoms with Crippen LogP contribution in [0.1, 0.15) is 33.1 Å². The van der Waals surface area contributed by atoms with Gasteiger partial charge in [0.1, 0.15) is 0 Å². The van der Waals surface area contributed by atoms with Gasteiger partial charge in [0.25, 0.3) is 0 Å². The Bertz CT molecular complexity index is 247. The van der Waals surface area contributed by atoms with E-state index in [0.29, 0.717) is 5.92 Å². The number of nitrogens with one attached hydrogen (secondary N) is 2. The van der Waals surface area contributed by atoms with E-state index in [2.05, 4.69) is 36.4 Å². The van der Waals surface area contributed by atoms with E-state index in [9.17, 15) is 4.79 Å². The summed E-state index contributed by atoms with van der Waals surface area (Å²) < 4.78 is 0. The highest BCUT2D eigenvalue weighted by molar-refractivity contribution is 5.81. The SMILES string of the molecule is CNC(=O)C(CC(C)C)NCC1CCN(C)CC1. The number of piperidine rings is 1. The fraction of sp³-hybridized carbons (Fsp3) is 0.929. The van der Waals surface area contributed by atoms with E-state index in [-0.39, 0.29) is 11.9 Å². The van der Waals surface area contributed by atoms with Gasteiger partial charge in [-0.3, -0.25) is 4.79 Å². The maximum Gasteiger partial charge on any atom is 0.236 e. The molecular formula is C14H29N3O. The highest BCUT2D eigenvalue weighted by atomic mass is 16.2. The number of hydrogen-bond donors (Lipinski definition) is 2. The van der Waals surface area contributed by atoms with Gasteiger partial charge in [-0.1, -0.05) is 13.8 Å². The zero-order valence-corrected chi connectivity index (χ0v) is 12.3. The van der Waals surface area contributed by atoms with Crippen molar-refractivity contribution in [2.24, 2.45) is 11.8 Å². The van der Waals surface area contributed by atoms with Crippen molar-refractivity contribution >= 4 is 5.91 Å². The van der Waals surface area contributed by atoms with Gasteiger partial charge in [-0.05, 0) is 57.8 Å². The molecule has 0 spiro atoms. The van der Waals surface area contributed by atoms with Crippen LogP contribution in [0.5, 0.6) is 0 Å². The summed E-state index contributed by atoms with van der Waals surface area (Å²) in [4.78, 5) is 14.2. The summed E-state index contributed by atoms with van der Waals surface area (Å²) in [5.74, 6) is 1.38. The molecule has 1 aliphatic rings. The second kappa shape index (κ2) is 7.74. The molecule has 4 nitrogen and oxygen atoms in total. The van der Waals surface area contributed by atoms with E-state index in [4.69, 9.17) is 0 Å². The van der Waals surface area contributed by atoms with Crippen LogP contribution in [0.3, 0.4) is 0 Å². The van der Waals surface area contributed by atoms with Crippen LogP contribution in [0, 0.1) is 11.8 Å². The molecule has 106 valence electrons. The maximum atomic E-state index is 11.8. The average molecular weight is 255 g/mol. The van der Waals surface area contributed by atoms with Crippen LogP contribution in [0.2, 0.25) is 0 Å². The third-order valence-corrected chi connectivity index (χ3v) is 3.76. The Labute approximate surface area is 111 Å². The van der Waals surface area contributed by atoms with Gasteiger partial charge in [-0.15, -0.1) is 0 Å². The minimum atomic E-state index is -0.0327. The molecule has 18 heavy (non-hydrogen) atoms. The molecule has 0 aromatic rings. The van der Waals surface area contributed by atoms with Gasteiger partial charge in [0, 0.05) is 7.05 Å². The van der Waals surface area contributed by atoms with Crippen LogP contribution >= 0.6 is 0 Å². The number of nitrogens with zero attached hydrogens (tertiary/aromatic N) is 1. The van der Waals surface area contributed by atoms with Gasteiger partial charge in [0.2, 0.25) is 5.91 Å². The first-order chi connectivity index (χ1) is 8.52. The lowest BCUT2D eigenvalue weighted by atomic mass is 9.96. The summed E-state index contributed by atoms with van der Waals surface area (Å²) in [6.45, 7) is 7.65. The Balaban J connectivity index is 2.34. The molecule has 0 aromatic carbocycles. The minimum absolute atomic E-state index is 0.0327. The lowest BCUT2D eigenvalue weighted by Crippen LogP contribution is -2.46. The molecule has 1 unspecified atom stereocenters. The lowest BCUT2D eigenvalue weighted by molar-refractivity contribution is -0.123. The molecule has 1 atom stereocenters. The first kappa shape index (κ1) is 15.4. The molecule has 1 saturated heterocycles. The van der Waals surface area contributed by atoms with Crippen LogP contribution in [0.15, 0.2) is 0 Å². The average Bonchev–Trinajstić information content (AvgIpc) is 2.35. The molecule has 2 N–H and O–H groups in total. The van der Waals surface area contributed by atoms with Crippen molar-refractivity contribution in [3.63, 3.8) is 0 Å². The highest BCUT2D eigenvalue weighted by Crippen LogP contribution is 2.15. The second-order valence-corrected chi connectivity index (χ2v) is 5.95. The summed E-state index contributed by atoms with van der Waals surface area (Å²) in [7, 11) is 3.89. The second-order valence-electron chi connectivity index (χ2n) is 5.95. The van der Waals surface area contributed by atoms with Crippen molar-refractivity contribution in [1.29, 1.82) is 0 Å². The van der Waals surface area contributed by atoms with E-state index >= 15 is 0 Å². The Morgan fingerprint density at radius 1 is 1.33 bits per heavy atom. The molecule has 0 radical (unpaired) electrons. The number of carbonyl (C=O) groups is 1. The fourth-order valence-electron chi connectivity index (χ4n) is 2.50. The Morgan fingerprint density at radius 3 is 2.44 bits per heavy atom. The van der Waals surface area contributed by atoms with Crippen LogP contribution in [0.4, 0.5) is 0 Å². The smallest absolute Gasteiger partial charge is 0.236 e. The van der Waals surface area contributed by atoms with Gasteiger partial charge >= 0.3 is 0 Å². The zero-order valence-electron chi connectivity index (χ0n) is 12.3. The minimum Gasteiger partial charge on any atom is -0.358 e. The Hall–Kier alpha value is -0.610. The van der Waals surface area contributed by atoms with Crippen LogP contribution in [-0.4, -0.2) is 50.6 Å².